The molecule has 0 unspecified atom stereocenters. The summed E-state index contributed by atoms with van der Waals surface area (Å²) in [6.07, 6.45) is 1.58. The molecular weight excluding hydrogens is 476 g/mol. The molecule has 3 aromatic carbocycles. The van der Waals surface area contributed by atoms with Crippen molar-refractivity contribution in [2.24, 2.45) is 0 Å². The van der Waals surface area contributed by atoms with Crippen molar-refractivity contribution in [2.45, 2.75) is 5.16 Å². The molecule has 0 aliphatic rings. The van der Waals surface area contributed by atoms with Crippen molar-refractivity contribution >= 4 is 23.4 Å². The van der Waals surface area contributed by atoms with Crippen LogP contribution in [0.25, 0.3) is 17.3 Å². The van der Waals surface area contributed by atoms with Gasteiger partial charge in [-0.15, -0.1) is 10.2 Å². The van der Waals surface area contributed by atoms with Gasteiger partial charge in [-0.1, -0.05) is 42.1 Å². The normalized spacial score (nSPS) is 10.7. The zero-order valence-electron chi connectivity index (χ0n) is 19.3. The largest absolute Gasteiger partial charge is 0.495 e. The van der Waals surface area contributed by atoms with Crippen LogP contribution in [0.2, 0.25) is 0 Å². The van der Waals surface area contributed by atoms with Gasteiger partial charge in [0, 0.05) is 5.69 Å². The topological polar surface area (TPSA) is 91.4 Å². The summed E-state index contributed by atoms with van der Waals surface area (Å²) in [6.45, 7) is 0. The molecule has 0 atom stereocenters. The number of nitrogens with one attached hydrogen (secondary N) is 1. The van der Waals surface area contributed by atoms with Crippen molar-refractivity contribution in [1.82, 2.24) is 14.8 Å². The fourth-order valence-electron chi connectivity index (χ4n) is 3.52. The van der Waals surface area contributed by atoms with E-state index in [1.54, 1.807) is 31.6 Å². The second-order valence-corrected chi connectivity index (χ2v) is 8.51. The summed E-state index contributed by atoms with van der Waals surface area (Å²) in [5, 5.41) is 12.1. The first-order valence-electron chi connectivity index (χ1n) is 11.1. The van der Waals surface area contributed by atoms with Gasteiger partial charge in [0.25, 0.3) is 0 Å². The van der Waals surface area contributed by atoms with Gasteiger partial charge >= 0.3 is 0 Å². The number of carbonyl (C=O) groups excluding carboxylic acids is 1. The second-order valence-electron chi connectivity index (χ2n) is 7.57. The minimum absolute atomic E-state index is 0.133. The summed E-state index contributed by atoms with van der Waals surface area (Å²) in [4.78, 5) is 12.7. The van der Waals surface area contributed by atoms with Gasteiger partial charge < -0.3 is 19.2 Å². The standard InChI is InChI=1S/C27H22N4O4S/c1-33-23-11-6-5-10-22(23)31-26(24-12-7-17-34-24)29-30-27(31)36-18-25(32)28-19-13-15-21(16-14-19)35-20-8-3-2-4-9-20/h2-17H,18H2,1H3,(H,28,32). The van der Waals surface area contributed by atoms with E-state index in [9.17, 15) is 4.79 Å². The number of amides is 1. The summed E-state index contributed by atoms with van der Waals surface area (Å²) in [7, 11) is 1.60. The number of benzene rings is 3. The summed E-state index contributed by atoms with van der Waals surface area (Å²) < 4.78 is 18.7. The van der Waals surface area contributed by atoms with Crippen molar-refractivity contribution in [3.63, 3.8) is 0 Å². The Kier molecular flexibility index (Phi) is 7.00. The number of aromatic nitrogens is 3. The molecule has 5 aromatic rings. The molecule has 180 valence electrons. The minimum atomic E-state index is -0.175. The Labute approximate surface area is 211 Å². The van der Waals surface area contributed by atoms with Gasteiger partial charge in [0.1, 0.15) is 17.2 Å². The van der Waals surface area contributed by atoms with Crippen molar-refractivity contribution in [2.75, 3.05) is 18.2 Å². The molecule has 5 rings (SSSR count). The first-order chi connectivity index (χ1) is 17.7. The maximum atomic E-state index is 12.7. The van der Waals surface area contributed by atoms with E-state index in [1.807, 2.05) is 77.4 Å². The summed E-state index contributed by atoms with van der Waals surface area (Å²) in [5.74, 6) is 3.11. The van der Waals surface area contributed by atoms with Crippen molar-refractivity contribution in [1.29, 1.82) is 0 Å². The Morgan fingerprint density at radius 2 is 1.67 bits per heavy atom. The zero-order chi connectivity index (χ0) is 24.7. The van der Waals surface area contributed by atoms with E-state index in [0.717, 1.165) is 11.4 Å². The molecule has 8 nitrogen and oxygen atoms in total. The number of thioether (sulfide) groups is 1. The lowest BCUT2D eigenvalue weighted by Gasteiger charge is -2.13. The monoisotopic (exact) mass is 498 g/mol. The molecular formula is C27H22N4O4S. The number of ether oxygens (including phenoxy) is 2. The molecule has 0 spiro atoms. The summed E-state index contributed by atoms with van der Waals surface area (Å²) in [5.41, 5.74) is 1.41. The molecule has 0 aliphatic heterocycles. The molecule has 0 saturated heterocycles. The van der Waals surface area contributed by atoms with E-state index in [4.69, 9.17) is 13.9 Å². The van der Waals surface area contributed by atoms with Crippen molar-refractivity contribution in [3.05, 3.63) is 97.3 Å². The van der Waals surface area contributed by atoms with Gasteiger partial charge in [-0.3, -0.25) is 9.36 Å². The highest BCUT2D eigenvalue weighted by molar-refractivity contribution is 7.99. The maximum Gasteiger partial charge on any atom is 0.234 e. The van der Waals surface area contributed by atoms with E-state index in [-0.39, 0.29) is 11.7 Å². The number of hydrogen-bond acceptors (Lipinski definition) is 7. The quantitative estimate of drug-likeness (QED) is 0.247. The first-order valence-corrected chi connectivity index (χ1v) is 12.1. The van der Waals surface area contributed by atoms with E-state index in [2.05, 4.69) is 15.5 Å². The molecule has 2 heterocycles. The van der Waals surface area contributed by atoms with Gasteiger partial charge in [0.2, 0.25) is 11.7 Å². The molecule has 9 heteroatoms. The number of anilines is 1. The lowest BCUT2D eigenvalue weighted by Crippen LogP contribution is -2.14. The Morgan fingerprint density at radius 3 is 2.42 bits per heavy atom. The van der Waals surface area contributed by atoms with Gasteiger partial charge in [-0.25, -0.2) is 0 Å². The fraction of sp³-hybridized carbons (Fsp3) is 0.0741. The third kappa shape index (κ3) is 5.26. The fourth-order valence-corrected chi connectivity index (χ4v) is 4.26. The predicted molar refractivity (Wildman–Crippen MR) is 138 cm³/mol. The van der Waals surface area contributed by atoms with Gasteiger partial charge in [-0.05, 0) is 60.7 Å². The highest BCUT2D eigenvalue weighted by Gasteiger charge is 2.21. The first kappa shape index (κ1) is 23.3. The van der Waals surface area contributed by atoms with Crippen LogP contribution >= 0.6 is 11.8 Å². The molecule has 0 saturated carbocycles. The summed E-state index contributed by atoms with van der Waals surface area (Å²) in [6, 6.07) is 27.9. The molecule has 0 bridgehead atoms. The third-order valence-corrected chi connectivity index (χ3v) is 6.08. The lowest BCUT2D eigenvalue weighted by atomic mass is 10.3. The Hall–Kier alpha value is -4.50. The second kappa shape index (κ2) is 10.8. The number of furan rings is 1. The van der Waals surface area contributed by atoms with E-state index in [0.29, 0.717) is 33.9 Å². The Bertz CT molecular complexity index is 1430. The van der Waals surface area contributed by atoms with Crippen LogP contribution in [-0.4, -0.2) is 33.5 Å². The summed E-state index contributed by atoms with van der Waals surface area (Å²) >= 11 is 1.27. The van der Waals surface area contributed by atoms with Crippen LogP contribution in [0.3, 0.4) is 0 Å². The molecule has 0 radical (unpaired) electrons. The SMILES string of the molecule is COc1ccccc1-n1c(SCC(=O)Nc2ccc(Oc3ccccc3)cc2)nnc1-c1ccco1. The third-order valence-electron chi connectivity index (χ3n) is 5.15. The number of rotatable bonds is 9. The molecule has 0 fully saturated rings. The average Bonchev–Trinajstić information content (AvgIpc) is 3.59. The number of methoxy groups -OCH3 is 1. The average molecular weight is 499 g/mol. The van der Waals surface area contributed by atoms with Crippen LogP contribution in [-0.2, 0) is 4.79 Å². The van der Waals surface area contributed by atoms with Crippen molar-refractivity contribution in [3.8, 4) is 34.5 Å². The van der Waals surface area contributed by atoms with E-state index >= 15 is 0 Å². The Balaban J connectivity index is 1.29. The van der Waals surface area contributed by atoms with Crippen molar-refractivity contribution < 1.29 is 18.7 Å². The van der Waals surface area contributed by atoms with Crippen LogP contribution in [0.5, 0.6) is 17.2 Å². The molecule has 1 amide bonds. The number of nitrogens with zero attached hydrogens (tertiary/aromatic N) is 3. The predicted octanol–water partition coefficient (Wildman–Crippen LogP) is 6.06. The maximum absolute atomic E-state index is 12.7. The van der Waals surface area contributed by atoms with Crippen LogP contribution < -0.4 is 14.8 Å². The Morgan fingerprint density at radius 1 is 0.917 bits per heavy atom. The number of hydrogen-bond donors (Lipinski definition) is 1. The molecule has 2 aromatic heterocycles. The van der Waals surface area contributed by atoms with E-state index < -0.39 is 0 Å². The highest BCUT2D eigenvalue weighted by Crippen LogP contribution is 2.32. The van der Waals surface area contributed by atoms with Crippen LogP contribution in [0.4, 0.5) is 5.69 Å². The van der Waals surface area contributed by atoms with Gasteiger partial charge in [0.15, 0.2) is 10.9 Å². The van der Waals surface area contributed by atoms with Crippen LogP contribution in [0, 0.1) is 0 Å². The van der Waals surface area contributed by atoms with Gasteiger partial charge in [-0.2, -0.15) is 0 Å². The molecule has 36 heavy (non-hydrogen) atoms. The molecule has 0 aliphatic carbocycles. The van der Waals surface area contributed by atoms with Gasteiger partial charge in [0.05, 0.1) is 24.8 Å². The minimum Gasteiger partial charge on any atom is -0.495 e. The highest BCUT2D eigenvalue weighted by atomic mass is 32.2. The molecule has 1 N–H and O–H groups in total. The number of carbonyl (C=O) groups is 1. The van der Waals surface area contributed by atoms with Crippen LogP contribution in [0.1, 0.15) is 0 Å². The zero-order valence-corrected chi connectivity index (χ0v) is 20.1. The van der Waals surface area contributed by atoms with E-state index in [1.165, 1.54) is 11.8 Å². The lowest BCUT2D eigenvalue weighted by molar-refractivity contribution is -0.113. The van der Waals surface area contributed by atoms with Crippen LogP contribution in [0.15, 0.2) is 107 Å². The smallest absolute Gasteiger partial charge is 0.234 e. The number of para-hydroxylation sites is 3.